The molecular weight excluding hydrogens is 238 g/mol. The highest BCUT2D eigenvalue weighted by atomic mass is 16.2. The predicted octanol–water partition coefficient (Wildman–Crippen LogP) is 2.06. The summed E-state index contributed by atoms with van der Waals surface area (Å²) in [6.07, 6.45) is 3.12. The van der Waals surface area contributed by atoms with Crippen LogP contribution in [0.1, 0.15) is 25.7 Å². The Morgan fingerprint density at radius 2 is 2.11 bits per heavy atom. The number of hydrogen-bond donors (Lipinski definition) is 1. The average molecular weight is 257 g/mol. The Morgan fingerprint density at radius 1 is 1.37 bits per heavy atom. The quantitative estimate of drug-likeness (QED) is 0.897. The Hall–Kier alpha value is -1.86. The van der Waals surface area contributed by atoms with Gasteiger partial charge in [0.15, 0.2) is 0 Å². The Labute approximate surface area is 113 Å². The van der Waals surface area contributed by atoms with Crippen molar-refractivity contribution in [2.24, 2.45) is 11.7 Å². The SMILES string of the molecule is N#CCCN(C(=O)C1CCCC1N)c1ccccc1. The average Bonchev–Trinajstić information content (AvgIpc) is 2.86. The molecule has 0 spiro atoms. The number of nitrogens with zero attached hydrogens (tertiary/aromatic N) is 2. The lowest BCUT2D eigenvalue weighted by Gasteiger charge is -2.26. The first-order chi connectivity index (χ1) is 9.24. The number of benzene rings is 1. The fraction of sp³-hybridized carbons (Fsp3) is 0.467. The molecule has 1 amide bonds. The lowest BCUT2D eigenvalue weighted by Crippen LogP contribution is -2.42. The standard InChI is InChI=1S/C15H19N3O/c16-10-5-11-18(12-6-2-1-3-7-12)15(19)13-8-4-9-14(13)17/h1-3,6-7,13-14H,4-5,8-9,11,17H2. The molecule has 1 fully saturated rings. The molecule has 2 atom stereocenters. The molecule has 4 nitrogen and oxygen atoms in total. The molecule has 2 N–H and O–H groups in total. The fourth-order valence-electron chi connectivity index (χ4n) is 2.63. The lowest BCUT2D eigenvalue weighted by atomic mass is 10.0. The molecule has 1 aliphatic carbocycles. The van der Waals surface area contributed by atoms with E-state index in [9.17, 15) is 4.79 Å². The maximum Gasteiger partial charge on any atom is 0.231 e. The van der Waals surface area contributed by atoms with E-state index in [0.717, 1.165) is 24.9 Å². The van der Waals surface area contributed by atoms with Gasteiger partial charge in [0.2, 0.25) is 5.91 Å². The van der Waals surface area contributed by atoms with Crippen molar-refractivity contribution in [1.82, 2.24) is 0 Å². The number of carbonyl (C=O) groups is 1. The first-order valence-corrected chi connectivity index (χ1v) is 6.73. The number of nitriles is 1. The summed E-state index contributed by atoms with van der Waals surface area (Å²) in [6.45, 7) is 0.433. The van der Waals surface area contributed by atoms with Crippen LogP contribution in [0.15, 0.2) is 30.3 Å². The third kappa shape index (κ3) is 3.12. The minimum Gasteiger partial charge on any atom is -0.327 e. The van der Waals surface area contributed by atoms with Crippen LogP contribution in [0.4, 0.5) is 5.69 Å². The van der Waals surface area contributed by atoms with E-state index in [0.29, 0.717) is 13.0 Å². The molecule has 0 aliphatic heterocycles. The van der Waals surface area contributed by atoms with Gasteiger partial charge in [-0.15, -0.1) is 0 Å². The van der Waals surface area contributed by atoms with E-state index in [1.54, 1.807) is 4.90 Å². The van der Waals surface area contributed by atoms with Crippen LogP contribution in [0.2, 0.25) is 0 Å². The van der Waals surface area contributed by atoms with Gasteiger partial charge in [-0.25, -0.2) is 0 Å². The van der Waals surface area contributed by atoms with Crippen LogP contribution < -0.4 is 10.6 Å². The summed E-state index contributed by atoms with van der Waals surface area (Å²) in [5.41, 5.74) is 6.86. The molecule has 1 aromatic carbocycles. The van der Waals surface area contributed by atoms with Gasteiger partial charge in [0.1, 0.15) is 0 Å². The van der Waals surface area contributed by atoms with Gasteiger partial charge in [-0.1, -0.05) is 24.6 Å². The molecule has 2 rings (SSSR count). The van der Waals surface area contributed by atoms with Crippen LogP contribution in [0.5, 0.6) is 0 Å². The predicted molar refractivity (Wildman–Crippen MR) is 74.3 cm³/mol. The second-order valence-corrected chi connectivity index (χ2v) is 4.93. The summed E-state index contributed by atoms with van der Waals surface area (Å²) in [6, 6.07) is 11.6. The lowest BCUT2D eigenvalue weighted by molar-refractivity contribution is -0.122. The topological polar surface area (TPSA) is 70.1 Å². The summed E-state index contributed by atoms with van der Waals surface area (Å²) in [5.74, 6) is -0.0367. The number of rotatable bonds is 4. The molecule has 100 valence electrons. The second kappa shape index (κ2) is 6.35. The number of amides is 1. The van der Waals surface area contributed by atoms with Crippen LogP contribution in [-0.2, 0) is 4.79 Å². The molecule has 1 aliphatic rings. The largest absolute Gasteiger partial charge is 0.327 e. The fourth-order valence-corrected chi connectivity index (χ4v) is 2.63. The molecule has 1 saturated carbocycles. The van der Waals surface area contributed by atoms with Crippen molar-refractivity contribution in [3.63, 3.8) is 0 Å². The van der Waals surface area contributed by atoms with Crippen LogP contribution in [0.3, 0.4) is 0 Å². The summed E-state index contributed by atoms with van der Waals surface area (Å²) in [5, 5.41) is 8.75. The molecular formula is C15H19N3O. The van der Waals surface area contributed by atoms with Crippen LogP contribution in [-0.4, -0.2) is 18.5 Å². The highest BCUT2D eigenvalue weighted by Gasteiger charge is 2.33. The third-order valence-corrected chi connectivity index (χ3v) is 3.67. The summed E-state index contributed by atoms with van der Waals surface area (Å²) in [7, 11) is 0. The zero-order chi connectivity index (χ0) is 13.7. The zero-order valence-corrected chi connectivity index (χ0v) is 11.0. The molecule has 0 aromatic heterocycles. The van der Waals surface area contributed by atoms with Crippen molar-refractivity contribution in [1.29, 1.82) is 5.26 Å². The Morgan fingerprint density at radius 3 is 2.68 bits per heavy atom. The van der Waals surface area contributed by atoms with Gasteiger partial charge in [-0.05, 0) is 25.0 Å². The van der Waals surface area contributed by atoms with Crippen molar-refractivity contribution in [3.8, 4) is 6.07 Å². The Kier molecular flexibility index (Phi) is 4.53. The highest BCUT2D eigenvalue weighted by molar-refractivity contribution is 5.95. The van der Waals surface area contributed by atoms with Crippen molar-refractivity contribution in [2.75, 3.05) is 11.4 Å². The molecule has 1 aromatic rings. The molecule has 4 heteroatoms. The van der Waals surface area contributed by atoms with Crippen molar-refractivity contribution in [3.05, 3.63) is 30.3 Å². The van der Waals surface area contributed by atoms with E-state index >= 15 is 0 Å². The van der Waals surface area contributed by atoms with E-state index in [-0.39, 0.29) is 17.9 Å². The van der Waals surface area contributed by atoms with Crippen LogP contribution in [0.25, 0.3) is 0 Å². The summed E-state index contributed by atoms with van der Waals surface area (Å²) >= 11 is 0. The van der Waals surface area contributed by atoms with Gasteiger partial charge in [-0.2, -0.15) is 5.26 Å². The normalized spacial score (nSPS) is 21.9. The van der Waals surface area contributed by atoms with Gasteiger partial charge in [0.05, 0.1) is 18.4 Å². The first-order valence-electron chi connectivity index (χ1n) is 6.73. The molecule has 0 saturated heterocycles. The minimum absolute atomic E-state index is 0.0409. The third-order valence-electron chi connectivity index (χ3n) is 3.67. The van der Waals surface area contributed by atoms with E-state index < -0.39 is 0 Å². The minimum atomic E-state index is -0.0982. The van der Waals surface area contributed by atoms with Crippen molar-refractivity contribution >= 4 is 11.6 Å². The number of anilines is 1. The van der Waals surface area contributed by atoms with Gasteiger partial charge in [0, 0.05) is 18.3 Å². The van der Waals surface area contributed by atoms with Crippen LogP contribution >= 0.6 is 0 Å². The molecule has 0 radical (unpaired) electrons. The summed E-state index contributed by atoms with van der Waals surface area (Å²) < 4.78 is 0. The maximum absolute atomic E-state index is 12.6. The molecule has 19 heavy (non-hydrogen) atoms. The highest BCUT2D eigenvalue weighted by Crippen LogP contribution is 2.28. The van der Waals surface area contributed by atoms with E-state index in [4.69, 9.17) is 11.0 Å². The molecule has 2 unspecified atom stereocenters. The first kappa shape index (κ1) is 13.6. The van der Waals surface area contributed by atoms with Gasteiger partial charge in [-0.3, -0.25) is 4.79 Å². The smallest absolute Gasteiger partial charge is 0.231 e. The van der Waals surface area contributed by atoms with Crippen molar-refractivity contribution in [2.45, 2.75) is 31.7 Å². The summed E-state index contributed by atoms with van der Waals surface area (Å²) in [4.78, 5) is 14.3. The molecule has 0 bridgehead atoms. The maximum atomic E-state index is 12.6. The van der Waals surface area contributed by atoms with Crippen molar-refractivity contribution < 1.29 is 4.79 Å². The zero-order valence-electron chi connectivity index (χ0n) is 11.0. The van der Waals surface area contributed by atoms with E-state index in [2.05, 4.69) is 6.07 Å². The van der Waals surface area contributed by atoms with Crippen LogP contribution in [0, 0.1) is 17.2 Å². The molecule has 0 heterocycles. The monoisotopic (exact) mass is 257 g/mol. The number of nitrogens with two attached hydrogens (primary N) is 1. The van der Waals surface area contributed by atoms with Gasteiger partial charge >= 0.3 is 0 Å². The van der Waals surface area contributed by atoms with E-state index in [1.807, 2.05) is 30.3 Å². The second-order valence-electron chi connectivity index (χ2n) is 4.93. The van der Waals surface area contributed by atoms with Gasteiger partial charge in [0.25, 0.3) is 0 Å². The number of hydrogen-bond acceptors (Lipinski definition) is 3. The Balaban J connectivity index is 2.18. The number of carbonyl (C=O) groups excluding carboxylic acids is 1. The van der Waals surface area contributed by atoms with E-state index in [1.165, 1.54) is 0 Å². The number of para-hydroxylation sites is 1. The Bertz CT molecular complexity index is 466. The van der Waals surface area contributed by atoms with Gasteiger partial charge < -0.3 is 10.6 Å².